The highest BCUT2D eigenvalue weighted by molar-refractivity contribution is 7.92. The van der Waals surface area contributed by atoms with Gasteiger partial charge in [0.15, 0.2) is 11.6 Å². The molecule has 1 aliphatic rings. The standard InChI is InChI=1S/C15H13F2NO3S/c1-18(11-2-4-13(16)14(17)9-11)22(19,20)12-3-5-15-10(8-12)6-7-21-15/h2-5,8-9H,6-7H2,1H3. The van der Waals surface area contributed by atoms with E-state index in [1.165, 1.54) is 19.2 Å². The van der Waals surface area contributed by atoms with E-state index in [0.29, 0.717) is 18.8 Å². The third kappa shape index (κ3) is 2.41. The van der Waals surface area contributed by atoms with E-state index in [1.54, 1.807) is 12.1 Å². The maximum atomic E-state index is 13.3. The van der Waals surface area contributed by atoms with Crippen molar-refractivity contribution < 1.29 is 21.9 Å². The lowest BCUT2D eigenvalue weighted by atomic mass is 10.2. The van der Waals surface area contributed by atoms with Crippen LogP contribution in [0, 0.1) is 11.6 Å². The van der Waals surface area contributed by atoms with Crippen LogP contribution >= 0.6 is 0 Å². The highest BCUT2D eigenvalue weighted by Crippen LogP contribution is 2.30. The molecule has 0 atom stereocenters. The highest BCUT2D eigenvalue weighted by atomic mass is 32.2. The number of halogens is 2. The second-order valence-corrected chi connectivity index (χ2v) is 6.91. The van der Waals surface area contributed by atoms with Gasteiger partial charge in [0.25, 0.3) is 10.0 Å². The Balaban J connectivity index is 1.99. The number of nitrogens with zero attached hydrogens (tertiary/aromatic N) is 1. The molecule has 0 N–H and O–H groups in total. The quantitative estimate of drug-likeness (QED) is 0.872. The van der Waals surface area contributed by atoms with Crippen LogP contribution in [0.4, 0.5) is 14.5 Å². The van der Waals surface area contributed by atoms with Crippen molar-refractivity contribution in [1.29, 1.82) is 0 Å². The monoisotopic (exact) mass is 325 g/mol. The number of anilines is 1. The lowest BCUT2D eigenvalue weighted by Gasteiger charge is -2.20. The van der Waals surface area contributed by atoms with E-state index in [1.807, 2.05) is 0 Å². The van der Waals surface area contributed by atoms with Crippen molar-refractivity contribution in [3.63, 3.8) is 0 Å². The summed E-state index contributed by atoms with van der Waals surface area (Å²) in [7, 11) is -2.56. The number of sulfonamides is 1. The molecule has 1 heterocycles. The second-order valence-electron chi connectivity index (χ2n) is 4.94. The number of hydrogen-bond donors (Lipinski definition) is 0. The van der Waals surface area contributed by atoms with Gasteiger partial charge in [0.1, 0.15) is 5.75 Å². The molecule has 7 heteroatoms. The summed E-state index contributed by atoms with van der Waals surface area (Å²) in [5.41, 5.74) is 0.871. The Morgan fingerprint density at radius 3 is 2.59 bits per heavy atom. The predicted octanol–water partition coefficient (Wildman–Crippen LogP) is 2.72. The molecule has 116 valence electrons. The number of ether oxygens (including phenoxy) is 1. The average molecular weight is 325 g/mol. The second kappa shape index (κ2) is 5.24. The number of rotatable bonds is 3. The molecule has 0 radical (unpaired) electrons. The molecule has 0 amide bonds. The Hall–Kier alpha value is -2.15. The van der Waals surface area contributed by atoms with Gasteiger partial charge in [0, 0.05) is 19.5 Å². The van der Waals surface area contributed by atoms with Crippen LogP contribution in [0.1, 0.15) is 5.56 Å². The first kappa shape index (κ1) is 14.8. The van der Waals surface area contributed by atoms with Crippen molar-refractivity contribution in [1.82, 2.24) is 0 Å². The fourth-order valence-corrected chi connectivity index (χ4v) is 3.54. The average Bonchev–Trinajstić information content (AvgIpc) is 2.96. The van der Waals surface area contributed by atoms with Gasteiger partial charge in [-0.2, -0.15) is 0 Å². The zero-order valence-corrected chi connectivity index (χ0v) is 12.5. The summed E-state index contributed by atoms with van der Waals surface area (Å²) in [4.78, 5) is 0.0870. The largest absolute Gasteiger partial charge is 0.493 e. The predicted molar refractivity (Wildman–Crippen MR) is 77.6 cm³/mol. The van der Waals surface area contributed by atoms with Gasteiger partial charge in [-0.25, -0.2) is 17.2 Å². The van der Waals surface area contributed by atoms with Gasteiger partial charge in [-0.15, -0.1) is 0 Å². The lowest BCUT2D eigenvalue weighted by Crippen LogP contribution is -2.26. The van der Waals surface area contributed by atoms with Gasteiger partial charge >= 0.3 is 0 Å². The zero-order valence-electron chi connectivity index (χ0n) is 11.7. The Morgan fingerprint density at radius 1 is 1.09 bits per heavy atom. The highest BCUT2D eigenvalue weighted by Gasteiger charge is 2.24. The van der Waals surface area contributed by atoms with E-state index in [0.717, 1.165) is 22.0 Å². The van der Waals surface area contributed by atoms with Crippen LogP contribution in [0.5, 0.6) is 5.75 Å². The Kier molecular flexibility index (Phi) is 3.52. The van der Waals surface area contributed by atoms with E-state index >= 15 is 0 Å². The van der Waals surface area contributed by atoms with Crippen LogP contribution in [0.3, 0.4) is 0 Å². The van der Waals surface area contributed by atoms with Crippen LogP contribution in [-0.4, -0.2) is 22.1 Å². The molecule has 0 aromatic heterocycles. The molecule has 2 aromatic rings. The minimum Gasteiger partial charge on any atom is -0.493 e. The first-order valence-corrected chi connectivity index (χ1v) is 8.03. The molecule has 0 saturated carbocycles. The van der Waals surface area contributed by atoms with Crippen molar-refractivity contribution in [3.8, 4) is 5.75 Å². The molecular weight excluding hydrogens is 312 g/mol. The van der Waals surface area contributed by atoms with Crippen LogP contribution in [0.2, 0.25) is 0 Å². The van der Waals surface area contributed by atoms with Crippen molar-refractivity contribution >= 4 is 15.7 Å². The maximum absolute atomic E-state index is 13.3. The lowest BCUT2D eigenvalue weighted by molar-refractivity contribution is 0.356. The topological polar surface area (TPSA) is 46.6 Å². The molecule has 0 aliphatic carbocycles. The Labute approximate surface area is 127 Å². The molecule has 0 unspecified atom stereocenters. The summed E-state index contributed by atoms with van der Waals surface area (Å²) < 4.78 is 57.7. The zero-order chi connectivity index (χ0) is 15.9. The van der Waals surface area contributed by atoms with E-state index in [4.69, 9.17) is 4.74 Å². The summed E-state index contributed by atoms with van der Waals surface area (Å²) >= 11 is 0. The minimum atomic E-state index is -3.85. The summed E-state index contributed by atoms with van der Waals surface area (Å²) in [6.07, 6.45) is 0.646. The molecule has 2 aromatic carbocycles. The van der Waals surface area contributed by atoms with Gasteiger partial charge < -0.3 is 4.74 Å². The molecule has 0 fully saturated rings. The van der Waals surface area contributed by atoms with Gasteiger partial charge in [-0.3, -0.25) is 4.31 Å². The Bertz CT molecular complexity index is 837. The van der Waals surface area contributed by atoms with Gasteiger partial charge in [-0.05, 0) is 35.9 Å². The van der Waals surface area contributed by atoms with Crippen LogP contribution in [0.15, 0.2) is 41.3 Å². The third-order valence-electron chi connectivity index (χ3n) is 3.59. The summed E-state index contributed by atoms with van der Waals surface area (Å²) in [6.45, 7) is 0.526. The van der Waals surface area contributed by atoms with Crippen LogP contribution in [0.25, 0.3) is 0 Å². The fraction of sp³-hybridized carbons (Fsp3) is 0.200. The van der Waals surface area contributed by atoms with Crippen molar-refractivity contribution in [2.45, 2.75) is 11.3 Å². The number of fused-ring (bicyclic) bond motifs is 1. The molecule has 3 rings (SSSR count). The summed E-state index contributed by atoms with van der Waals surface area (Å²) in [5.74, 6) is -1.44. The number of benzene rings is 2. The molecule has 22 heavy (non-hydrogen) atoms. The molecule has 0 spiro atoms. The number of hydrogen-bond acceptors (Lipinski definition) is 3. The normalized spacial score (nSPS) is 13.6. The molecular formula is C15H13F2NO3S. The first-order valence-electron chi connectivity index (χ1n) is 6.59. The fourth-order valence-electron chi connectivity index (χ4n) is 2.30. The van der Waals surface area contributed by atoms with Crippen molar-refractivity contribution in [2.24, 2.45) is 0 Å². The minimum absolute atomic E-state index is 0.0515. The molecule has 0 saturated heterocycles. The third-order valence-corrected chi connectivity index (χ3v) is 5.37. The van der Waals surface area contributed by atoms with Crippen LogP contribution < -0.4 is 9.04 Å². The maximum Gasteiger partial charge on any atom is 0.264 e. The van der Waals surface area contributed by atoms with Crippen molar-refractivity contribution in [3.05, 3.63) is 53.6 Å². The van der Waals surface area contributed by atoms with Gasteiger partial charge in [-0.1, -0.05) is 0 Å². The smallest absolute Gasteiger partial charge is 0.264 e. The molecule has 4 nitrogen and oxygen atoms in total. The summed E-state index contributed by atoms with van der Waals surface area (Å²) in [5, 5.41) is 0. The SMILES string of the molecule is CN(c1ccc(F)c(F)c1)S(=O)(=O)c1ccc2c(c1)CCO2. The Morgan fingerprint density at radius 2 is 1.86 bits per heavy atom. The summed E-state index contributed by atoms with van der Waals surface area (Å²) in [6, 6.07) is 7.56. The van der Waals surface area contributed by atoms with Crippen molar-refractivity contribution in [2.75, 3.05) is 18.0 Å². The van der Waals surface area contributed by atoms with E-state index in [-0.39, 0.29) is 10.6 Å². The van der Waals surface area contributed by atoms with Gasteiger partial charge in [0.05, 0.1) is 17.2 Å². The van der Waals surface area contributed by atoms with E-state index in [2.05, 4.69) is 0 Å². The molecule has 1 aliphatic heterocycles. The first-order chi connectivity index (χ1) is 10.4. The van der Waals surface area contributed by atoms with Gasteiger partial charge in [0.2, 0.25) is 0 Å². The molecule has 0 bridgehead atoms. The van der Waals surface area contributed by atoms with E-state index < -0.39 is 21.7 Å². The van der Waals surface area contributed by atoms with Crippen LogP contribution in [-0.2, 0) is 16.4 Å². The van der Waals surface area contributed by atoms with E-state index in [9.17, 15) is 17.2 Å².